The minimum atomic E-state index is -0.230. The summed E-state index contributed by atoms with van der Waals surface area (Å²) < 4.78 is 10.5. The number of nitrogens with one attached hydrogen (secondary N) is 1. The zero-order valence-corrected chi connectivity index (χ0v) is 8.66. The lowest BCUT2D eigenvalue weighted by Gasteiger charge is -2.09. The Labute approximate surface area is 87.8 Å². The van der Waals surface area contributed by atoms with Crippen LogP contribution in [0.1, 0.15) is 29.3 Å². The summed E-state index contributed by atoms with van der Waals surface area (Å²) in [4.78, 5) is 15.4. The summed E-state index contributed by atoms with van der Waals surface area (Å²) in [5, 5.41) is 2.76. The number of carbonyl (C=O) groups excluding carboxylic acids is 1. The maximum atomic E-state index is 11.5. The van der Waals surface area contributed by atoms with Crippen molar-refractivity contribution in [1.29, 1.82) is 0 Å². The second-order valence-corrected chi connectivity index (χ2v) is 3.59. The maximum absolute atomic E-state index is 11.5. The molecule has 2 rings (SSSR count). The molecule has 5 heteroatoms. The van der Waals surface area contributed by atoms with Crippen LogP contribution in [-0.2, 0) is 4.74 Å². The van der Waals surface area contributed by atoms with Gasteiger partial charge in [0, 0.05) is 20.1 Å². The molecule has 1 atom stereocenters. The molecule has 1 fully saturated rings. The van der Waals surface area contributed by atoms with E-state index in [2.05, 4.69) is 10.3 Å². The summed E-state index contributed by atoms with van der Waals surface area (Å²) >= 11 is 0. The molecule has 1 saturated heterocycles. The van der Waals surface area contributed by atoms with E-state index >= 15 is 0 Å². The summed E-state index contributed by atoms with van der Waals surface area (Å²) in [6.07, 6.45) is 3.66. The van der Waals surface area contributed by atoms with Gasteiger partial charge < -0.3 is 14.5 Å². The van der Waals surface area contributed by atoms with E-state index in [1.165, 1.54) is 6.20 Å². The van der Waals surface area contributed by atoms with Crippen molar-refractivity contribution < 1.29 is 13.9 Å². The number of amides is 1. The molecule has 0 spiro atoms. The van der Waals surface area contributed by atoms with Gasteiger partial charge in [-0.3, -0.25) is 4.79 Å². The van der Waals surface area contributed by atoms with Gasteiger partial charge in [0.1, 0.15) is 0 Å². The van der Waals surface area contributed by atoms with E-state index in [4.69, 9.17) is 9.15 Å². The van der Waals surface area contributed by atoms with Gasteiger partial charge in [0.25, 0.3) is 5.91 Å². The van der Waals surface area contributed by atoms with Crippen molar-refractivity contribution >= 4 is 5.91 Å². The van der Waals surface area contributed by atoms with Gasteiger partial charge in [-0.05, 0) is 12.8 Å². The first kappa shape index (κ1) is 10.2. The van der Waals surface area contributed by atoms with Crippen molar-refractivity contribution in [3.05, 3.63) is 17.8 Å². The van der Waals surface area contributed by atoms with E-state index in [-0.39, 0.29) is 17.8 Å². The maximum Gasteiger partial charge on any atom is 0.288 e. The van der Waals surface area contributed by atoms with Crippen LogP contribution in [0.2, 0.25) is 0 Å². The Morgan fingerprint density at radius 1 is 1.73 bits per heavy atom. The average Bonchev–Trinajstić information content (AvgIpc) is 2.84. The number of aromatic nitrogens is 1. The topological polar surface area (TPSA) is 64.4 Å². The number of oxazole rings is 1. The predicted molar refractivity (Wildman–Crippen MR) is 52.5 cm³/mol. The van der Waals surface area contributed by atoms with Gasteiger partial charge in [-0.15, -0.1) is 0 Å². The number of rotatable bonds is 3. The summed E-state index contributed by atoms with van der Waals surface area (Å²) in [6.45, 7) is 3.04. The molecule has 1 aromatic rings. The SMILES string of the molecule is Cc1ncc(C(=O)NCC2CCCO2)o1. The third-order valence-corrected chi connectivity index (χ3v) is 2.36. The van der Waals surface area contributed by atoms with E-state index in [0.717, 1.165) is 19.4 Å². The molecule has 5 nitrogen and oxygen atoms in total. The Hall–Kier alpha value is -1.36. The molecule has 2 heterocycles. The lowest BCUT2D eigenvalue weighted by Crippen LogP contribution is -2.31. The van der Waals surface area contributed by atoms with Gasteiger partial charge in [0.05, 0.1) is 12.3 Å². The van der Waals surface area contributed by atoms with Crippen LogP contribution in [0.3, 0.4) is 0 Å². The van der Waals surface area contributed by atoms with Gasteiger partial charge in [0.15, 0.2) is 5.89 Å². The van der Waals surface area contributed by atoms with Gasteiger partial charge in [-0.25, -0.2) is 4.98 Å². The van der Waals surface area contributed by atoms with Crippen LogP contribution in [0.15, 0.2) is 10.6 Å². The van der Waals surface area contributed by atoms with E-state index in [1.54, 1.807) is 6.92 Å². The molecule has 0 bridgehead atoms. The largest absolute Gasteiger partial charge is 0.436 e. The molecule has 1 aromatic heterocycles. The number of ether oxygens (including phenoxy) is 1. The minimum Gasteiger partial charge on any atom is -0.436 e. The Balaban J connectivity index is 1.81. The normalized spacial score (nSPS) is 20.5. The second-order valence-electron chi connectivity index (χ2n) is 3.59. The molecule has 1 aliphatic heterocycles. The number of nitrogens with zero attached hydrogens (tertiary/aromatic N) is 1. The van der Waals surface area contributed by atoms with Gasteiger partial charge in [-0.1, -0.05) is 0 Å². The highest BCUT2D eigenvalue weighted by Crippen LogP contribution is 2.11. The highest BCUT2D eigenvalue weighted by atomic mass is 16.5. The third-order valence-electron chi connectivity index (χ3n) is 2.36. The molecule has 0 aromatic carbocycles. The van der Waals surface area contributed by atoms with Crippen LogP contribution in [0.4, 0.5) is 0 Å². The first-order chi connectivity index (χ1) is 7.25. The first-order valence-electron chi connectivity index (χ1n) is 5.08. The molecule has 1 unspecified atom stereocenters. The van der Waals surface area contributed by atoms with Crippen molar-refractivity contribution in [2.24, 2.45) is 0 Å². The molecule has 0 radical (unpaired) electrons. The fourth-order valence-corrected chi connectivity index (χ4v) is 1.57. The molecule has 1 amide bonds. The Morgan fingerprint density at radius 2 is 2.60 bits per heavy atom. The van der Waals surface area contributed by atoms with E-state index in [1.807, 2.05) is 0 Å². The van der Waals surface area contributed by atoms with Gasteiger partial charge in [-0.2, -0.15) is 0 Å². The van der Waals surface area contributed by atoms with E-state index < -0.39 is 0 Å². The molecular weight excluding hydrogens is 196 g/mol. The quantitative estimate of drug-likeness (QED) is 0.804. The molecule has 1 aliphatic rings. The highest BCUT2D eigenvalue weighted by molar-refractivity contribution is 5.91. The number of aryl methyl sites for hydroxylation is 1. The second kappa shape index (κ2) is 4.44. The van der Waals surface area contributed by atoms with Crippen LogP contribution in [0, 0.1) is 6.92 Å². The van der Waals surface area contributed by atoms with E-state index in [9.17, 15) is 4.79 Å². The summed E-state index contributed by atoms with van der Waals surface area (Å²) in [5.74, 6) is 0.522. The number of carbonyl (C=O) groups is 1. The molecule has 0 aliphatic carbocycles. The monoisotopic (exact) mass is 210 g/mol. The third kappa shape index (κ3) is 2.56. The number of hydrogen-bond acceptors (Lipinski definition) is 4. The van der Waals surface area contributed by atoms with Crippen LogP contribution >= 0.6 is 0 Å². The van der Waals surface area contributed by atoms with E-state index in [0.29, 0.717) is 12.4 Å². The van der Waals surface area contributed by atoms with Crippen molar-refractivity contribution in [2.75, 3.05) is 13.2 Å². The summed E-state index contributed by atoms with van der Waals surface area (Å²) in [7, 11) is 0. The van der Waals surface area contributed by atoms with Gasteiger partial charge >= 0.3 is 0 Å². The highest BCUT2D eigenvalue weighted by Gasteiger charge is 2.17. The predicted octanol–water partition coefficient (Wildman–Crippen LogP) is 0.892. The zero-order valence-electron chi connectivity index (χ0n) is 8.66. The molecular formula is C10H14N2O3. The average molecular weight is 210 g/mol. The fourth-order valence-electron chi connectivity index (χ4n) is 1.57. The smallest absolute Gasteiger partial charge is 0.288 e. The molecule has 82 valence electrons. The lowest BCUT2D eigenvalue weighted by atomic mass is 10.2. The summed E-state index contributed by atoms with van der Waals surface area (Å²) in [6, 6.07) is 0. The molecule has 15 heavy (non-hydrogen) atoms. The Bertz CT molecular complexity index is 342. The standard InChI is InChI=1S/C10H14N2O3/c1-7-11-6-9(15-7)10(13)12-5-8-3-2-4-14-8/h6,8H,2-5H2,1H3,(H,12,13). The van der Waals surface area contributed by atoms with Crippen LogP contribution < -0.4 is 5.32 Å². The Kier molecular flexibility index (Phi) is 3.01. The van der Waals surface area contributed by atoms with Crippen molar-refractivity contribution in [3.63, 3.8) is 0 Å². The van der Waals surface area contributed by atoms with Crippen molar-refractivity contribution in [3.8, 4) is 0 Å². The van der Waals surface area contributed by atoms with Crippen LogP contribution in [0.5, 0.6) is 0 Å². The summed E-state index contributed by atoms with van der Waals surface area (Å²) in [5.41, 5.74) is 0. The fraction of sp³-hybridized carbons (Fsp3) is 0.600. The molecule has 1 N–H and O–H groups in total. The van der Waals surface area contributed by atoms with Crippen molar-refractivity contribution in [1.82, 2.24) is 10.3 Å². The minimum absolute atomic E-state index is 0.151. The van der Waals surface area contributed by atoms with Crippen LogP contribution in [0.25, 0.3) is 0 Å². The lowest BCUT2D eigenvalue weighted by molar-refractivity contribution is 0.0834. The molecule has 0 saturated carbocycles. The number of hydrogen-bond donors (Lipinski definition) is 1. The zero-order chi connectivity index (χ0) is 10.7. The first-order valence-corrected chi connectivity index (χ1v) is 5.08. The van der Waals surface area contributed by atoms with Crippen molar-refractivity contribution in [2.45, 2.75) is 25.9 Å². The Morgan fingerprint density at radius 3 is 3.20 bits per heavy atom. The van der Waals surface area contributed by atoms with Gasteiger partial charge in [0.2, 0.25) is 5.76 Å². The van der Waals surface area contributed by atoms with Crippen LogP contribution in [-0.4, -0.2) is 30.1 Å².